The average molecular weight is 642 g/mol. The Kier molecular flexibility index (Phi) is 9.23. The lowest BCUT2D eigenvalue weighted by molar-refractivity contribution is -0.132. The molecule has 1 amide bonds. The second kappa shape index (κ2) is 13.5. The van der Waals surface area contributed by atoms with E-state index in [4.69, 9.17) is 9.47 Å². The number of benzene rings is 3. The van der Waals surface area contributed by atoms with Crippen molar-refractivity contribution in [3.8, 4) is 11.5 Å². The van der Waals surface area contributed by atoms with E-state index >= 15 is 0 Å². The van der Waals surface area contributed by atoms with Crippen molar-refractivity contribution in [3.05, 3.63) is 100 Å². The van der Waals surface area contributed by atoms with Crippen LogP contribution in [0, 0.1) is 6.92 Å². The first-order valence-electron chi connectivity index (χ1n) is 15.2. The van der Waals surface area contributed by atoms with Gasteiger partial charge in [-0.1, -0.05) is 84.8 Å². The number of nitrogens with zero attached hydrogens (tertiary/aromatic N) is 3. The Hall–Kier alpha value is -4.15. The minimum Gasteiger partial charge on any atom is -0.507 e. The fourth-order valence-electron chi connectivity index (χ4n) is 5.57. The van der Waals surface area contributed by atoms with E-state index in [2.05, 4.69) is 41.4 Å². The van der Waals surface area contributed by atoms with Crippen LogP contribution in [-0.4, -0.2) is 39.7 Å². The van der Waals surface area contributed by atoms with Crippen LogP contribution >= 0.6 is 23.1 Å². The minimum absolute atomic E-state index is 0.000829. The van der Waals surface area contributed by atoms with Gasteiger partial charge in [-0.25, -0.2) is 0 Å². The number of ketones is 1. The number of Topliss-reactive ketones (excluding diaryl/α,β-unsaturated/α-hetero) is 1. The van der Waals surface area contributed by atoms with Crippen LogP contribution in [-0.2, 0) is 21.8 Å². The number of rotatable bonds is 11. The summed E-state index contributed by atoms with van der Waals surface area (Å²) in [6.07, 6.45) is 3.79. The maximum absolute atomic E-state index is 13.7. The molecule has 6 rings (SSSR count). The monoisotopic (exact) mass is 641 g/mol. The van der Waals surface area contributed by atoms with Crippen molar-refractivity contribution in [2.75, 3.05) is 11.5 Å². The minimum atomic E-state index is -0.921. The van der Waals surface area contributed by atoms with E-state index in [-0.39, 0.29) is 22.6 Å². The third kappa shape index (κ3) is 6.62. The molecule has 0 aliphatic carbocycles. The lowest BCUT2D eigenvalue weighted by atomic mass is 9.94. The molecular weight excluding hydrogens is 607 g/mol. The molecule has 1 N–H and O–H groups in total. The third-order valence-corrected chi connectivity index (χ3v) is 10.0. The lowest BCUT2D eigenvalue weighted by Crippen LogP contribution is -2.29. The first kappa shape index (κ1) is 30.9. The number of fused-ring (bicyclic) bond motifs is 1. The van der Waals surface area contributed by atoms with Crippen LogP contribution < -0.4 is 14.4 Å². The molecule has 232 valence electrons. The molecule has 0 spiro atoms. The van der Waals surface area contributed by atoms with Crippen LogP contribution in [0.5, 0.6) is 11.5 Å². The summed E-state index contributed by atoms with van der Waals surface area (Å²) < 4.78 is 12.5. The zero-order valence-corrected chi connectivity index (χ0v) is 27.1. The van der Waals surface area contributed by atoms with E-state index in [0.29, 0.717) is 40.0 Å². The van der Waals surface area contributed by atoms with Gasteiger partial charge < -0.3 is 14.6 Å². The fraction of sp³-hybridized carbons (Fsp3) is 0.314. The van der Waals surface area contributed by atoms with Gasteiger partial charge in [0.25, 0.3) is 5.78 Å². The van der Waals surface area contributed by atoms with Crippen LogP contribution in [0.15, 0.2) is 76.6 Å². The number of aryl methyl sites for hydroxylation is 1. The summed E-state index contributed by atoms with van der Waals surface area (Å²) in [5, 5.41) is 20.7. The number of unbranched alkanes of at least 4 members (excludes halogenated alkanes) is 2. The maximum atomic E-state index is 13.7. The van der Waals surface area contributed by atoms with Crippen molar-refractivity contribution in [2.24, 2.45) is 0 Å². The van der Waals surface area contributed by atoms with Gasteiger partial charge in [-0.2, -0.15) is 0 Å². The second-order valence-corrected chi connectivity index (χ2v) is 13.6. The summed E-state index contributed by atoms with van der Waals surface area (Å²) in [6, 6.07) is 20.1. The molecule has 2 atom stereocenters. The van der Waals surface area contributed by atoms with Gasteiger partial charge in [0.2, 0.25) is 5.13 Å². The molecule has 1 fully saturated rings. The highest BCUT2D eigenvalue weighted by Crippen LogP contribution is 2.45. The standard InChI is InChI=1S/C35H35N3O5S2/c1-4-5-6-16-42-27-9-7-8-24(19-27)30-29(31(39)25-14-15-28-26(18-25)17-22(3)43-28)32(40)33(41)38(30)34-36-37-35(45-34)44-20-23-12-10-21(2)11-13-23/h7-15,18-19,22,30,39H,4-6,16-17,20H2,1-3H3. The predicted molar refractivity (Wildman–Crippen MR) is 177 cm³/mol. The summed E-state index contributed by atoms with van der Waals surface area (Å²) in [6.45, 7) is 6.73. The van der Waals surface area contributed by atoms with Crippen molar-refractivity contribution >= 4 is 45.7 Å². The van der Waals surface area contributed by atoms with Crippen LogP contribution in [0.25, 0.3) is 5.76 Å². The highest BCUT2D eigenvalue weighted by Gasteiger charge is 2.48. The first-order valence-corrected chi connectivity index (χ1v) is 17.0. The summed E-state index contributed by atoms with van der Waals surface area (Å²) in [5.41, 5.74) is 4.36. The van der Waals surface area contributed by atoms with E-state index in [9.17, 15) is 14.7 Å². The third-order valence-electron chi connectivity index (χ3n) is 7.89. The predicted octanol–water partition coefficient (Wildman–Crippen LogP) is 7.66. The second-order valence-electron chi connectivity index (χ2n) is 11.4. The lowest BCUT2D eigenvalue weighted by Gasteiger charge is -2.23. The molecule has 1 aromatic heterocycles. The molecule has 4 aromatic rings. The molecule has 0 radical (unpaired) electrons. The Bertz CT molecular complexity index is 1750. The largest absolute Gasteiger partial charge is 0.507 e. The van der Waals surface area contributed by atoms with E-state index < -0.39 is 17.7 Å². The number of carbonyl (C=O) groups is 2. The van der Waals surface area contributed by atoms with Gasteiger partial charge >= 0.3 is 5.91 Å². The highest BCUT2D eigenvalue weighted by molar-refractivity contribution is 8.00. The zero-order valence-electron chi connectivity index (χ0n) is 25.5. The number of aliphatic hydroxyl groups excluding tert-OH is 1. The SMILES string of the molecule is CCCCCOc1cccc(C2C(=C(O)c3ccc4c(c3)CC(C)O4)C(=O)C(=O)N2c2nnc(SCc3ccc(C)cc3)s2)c1. The summed E-state index contributed by atoms with van der Waals surface area (Å²) in [5.74, 6) is 0.296. The van der Waals surface area contributed by atoms with Crippen molar-refractivity contribution in [1.29, 1.82) is 0 Å². The van der Waals surface area contributed by atoms with Gasteiger partial charge in [-0.3, -0.25) is 14.5 Å². The molecular formula is C35H35N3O5S2. The van der Waals surface area contributed by atoms with Crippen molar-refractivity contribution in [3.63, 3.8) is 0 Å². The van der Waals surface area contributed by atoms with Crippen LogP contribution in [0.1, 0.15) is 67.0 Å². The van der Waals surface area contributed by atoms with Crippen LogP contribution in [0.3, 0.4) is 0 Å². The molecule has 2 aliphatic heterocycles. The van der Waals surface area contributed by atoms with Gasteiger partial charge in [-0.05, 0) is 67.3 Å². The normalized spacial score (nSPS) is 18.7. The van der Waals surface area contributed by atoms with E-state index in [1.807, 2.05) is 44.2 Å². The number of hydrogen-bond donors (Lipinski definition) is 1. The number of amides is 1. The van der Waals surface area contributed by atoms with Crippen molar-refractivity contribution in [2.45, 2.75) is 68.7 Å². The van der Waals surface area contributed by atoms with Gasteiger partial charge in [0.15, 0.2) is 4.34 Å². The quantitative estimate of drug-likeness (QED) is 0.0445. The Morgan fingerprint density at radius 2 is 1.91 bits per heavy atom. The first-order chi connectivity index (χ1) is 21.8. The zero-order chi connectivity index (χ0) is 31.5. The summed E-state index contributed by atoms with van der Waals surface area (Å²) in [4.78, 5) is 28.8. The Morgan fingerprint density at radius 3 is 2.71 bits per heavy atom. The Morgan fingerprint density at radius 1 is 1.09 bits per heavy atom. The van der Waals surface area contributed by atoms with Gasteiger partial charge in [0.05, 0.1) is 18.2 Å². The Balaban J connectivity index is 1.37. The number of ether oxygens (including phenoxy) is 2. The molecule has 2 aliphatic rings. The number of thioether (sulfide) groups is 1. The topological polar surface area (TPSA) is 102 Å². The van der Waals surface area contributed by atoms with Crippen LogP contribution in [0.4, 0.5) is 5.13 Å². The molecule has 1 saturated heterocycles. The highest BCUT2D eigenvalue weighted by atomic mass is 32.2. The van der Waals surface area contributed by atoms with E-state index in [1.165, 1.54) is 33.6 Å². The number of anilines is 1. The van der Waals surface area contributed by atoms with Crippen molar-refractivity contribution < 1.29 is 24.2 Å². The van der Waals surface area contributed by atoms with Gasteiger partial charge in [0, 0.05) is 17.7 Å². The molecule has 0 bridgehead atoms. The number of carbonyl (C=O) groups excluding carboxylic acids is 2. The summed E-state index contributed by atoms with van der Waals surface area (Å²) >= 11 is 2.77. The molecule has 45 heavy (non-hydrogen) atoms. The van der Waals surface area contributed by atoms with Gasteiger partial charge in [-0.15, -0.1) is 10.2 Å². The molecule has 3 heterocycles. The van der Waals surface area contributed by atoms with Crippen molar-refractivity contribution in [1.82, 2.24) is 10.2 Å². The average Bonchev–Trinajstić information content (AvgIpc) is 3.73. The van der Waals surface area contributed by atoms with E-state index in [1.54, 1.807) is 12.1 Å². The fourth-order valence-corrected chi connectivity index (χ4v) is 7.40. The number of aliphatic hydroxyl groups is 1. The molecule has 10 heteroatoms. The molecule has 3 aromatic carbocycles. The number of aromatic nitrogens is 2. The Labute approximate surface area is 271 Å². The molecule has 8 nitrogen and oxygen atoms in total. The summed E-state index contributed by atoms with van der Waals surface area (Å²) in [7, 11) is 0. The molecule has 2 unspecified atom stereocenters. The maximum Gasteiger partial charge on any atom is 0.301 e. The van der Waals surface area contributed by atoms with E-state index in [0.717, 1.165) is 36.1 Å². The van der Waals surface area contributed by atoms with Crippen LogP contribution in [0.2, 0.25) is 0 Å². The number of hydrogen-bond acceptors (Lipinski definition) is 9. The van der Waals surface area contributed by atoms with Gasteiger partial charge in [0.1, 0.15) is 23.4 Å². The molecule has 0 saturated carbocycles. The smallest absolute Gasteiger partial charge is 0.301 e.